The summed E-state index contributed by atoms with van der Waals surface area (Å²) in [5.41, 5.74) is 0.733. The zero-order valence-electron chi connectivity index (χ0n) is 21.9. The minimum absolute atomic E-state index is 0.114. The molecule has 0 bridgehead atoms. The van der Waals surface area contributed by atoms with Gasteiger partial charge in [0.1, 0.15) is 18.8 Å². The van der Waals surface area contributed by atoms with E-state index in [9.17, 15) is 19.2 Å². The van der Waals surface area contributed by atoms with Crippen LogP contribution in [0.15, 0.2) is 24.5 Å². The average molecular weight is 550 g/mol. The van der Waals surface area contributed by atoms with Crippen molar-refractivity contribution in [3.8, 4) is 11.4 Å². The Morgan fingerprint density at radius 3 is 2.16 bits per heavy atom. The number of ether oxygens (including phenoxy) is 4. The maximum Gasteiger partial charge on any atom is 0.303 e. The van der Waals surface area contributed by atoms with E-state index in [0.717, 1.165) is 5.56 Å². The van der Waals surface area contributed by atoms with Crippen LogP contribution in [-0.2, 0) is 38.1 Å². The van der Waals surface area contributed by atoms with Crippen LogP contribution in [0.3, 0.4) is 0 Å². The Bertz CT molecular complexity index is 1240. The third-order valence-corrected chi connectivity index (χ3v) is 6.00. The SMILES string of the molecule is CC(=O)N[C@@H]1[C@H](OC(C)=O)[C@H](OC(C)=O)[C@@H](COC(C)=O)O[C@@H]1n1nc(-c2ccncc2)n(C(C)C)c1=S. The zero-order valence-corrected chi connectivity index (χ0v) is 22.8. The molecule has 13 nitrogen and oxygen atoms in total. The molecule has 0 radical (unpaired) electrons. The fourth-order valence-corrected chi connectivity index (χ4v) is 4.68. The Morgan fingerprint density at radius 1 is 1.03 bits per heavy atom. The molecule has 0 unspecified atom stereocenters. The second kappa shape index (κ2) is 12.3. The lowest BCUT2D eigenvalue weighted by molar-refractivity contribution is -0.239. The van der Waals surface area contributed by atoms with Crippen LogP contribution in [-0.4, -0.2) is 74.1 Å². The van der Waals surface area contributed by atoms with Crippen LogP contribution in [0.1, 0.15) is 53.8 Å². The van der Waals surface area contributed by atoms with Crippen LogP contribution in [0.25, 0.3) is 11.4 Å². The maximum atomic E-state index is 12.3. The van der Waals surface area contributed by atoms with E-state index < -0.39 is 54.4 Å². The molecular formula is C24H31N5O8S. The predicted molar refractivity (Wildman–Crippen MR) is 134 cm³/mol. The third-order valence-electron chi connectivity index (χ3n) is 5.62. The van der Waals surface area contributed by atoms with E-state index in [1.165, 1.54) is 32.4 Å². The molecule has 1 aliphatic rings. The Morgan fingerprint density at radius 2 is 1.63 bits per heavy atom. The first-order valence-electron chi connectivity index (χ1n) is 11.9. The molecule has 0 aromatic carbocycles. The summed E-state index contributed by atoms with van der Waals surface area (Å²) in [5, 5.41) is 7.46. The van der Waals surface area contributed by atoms with Crippen LogP contribution >= 0.6 is 12.2 Å². The van der Waals surface area contributed by atoms with Gasteiger partial charge in [-0.25, -0.2) is 4.68 Å². The van der Waals surface area contributed by atoms with Crippen molar-refractivity contribution in [2.24, 2.45) is 0 Å². The molecule has 1 N–H and O–H groups in total. The number of carbonyl (C=O) groups excluding carboxylic acids is 4. The second-order valence-corrected chi connectivity index (χ2v) is 9.36. The van der Waals surface area contributed by atoms with Crippen LogP contribution in [0.4, 0.5) is 0 Å². The molecule has 0 spiro atoms. The summed E-state index contributed by atoms with van der Waals surface area (Å²) in [7, 11) is 0. The van der Waals surface area contributed by atoms with Gasteiger partial charge in [-0.3, -0.25) is 28.7 Å². The fraction of sp³-hybridized carbons (Fsp3) is 0.542. The highest BCUT2D eigenvalue weighted by molar-refractivity contribution is 7.71. The van der Waals surface area contributed by atoms with Gasteiger partial charge in [-0.2, -0.15) is 0 Å². The molecule has 5 atom stereocenters. The van der Waals surface area contributed by atoms with Gasteiger partial charge in [0.2, 0.25) is 10.7 Å². The molecular weight excluding hydrogens is 518 g/mol. The fourth-order valence-electron chi connectivity index (χ4n) is 4.24. The number of nitrogens with one attached hydrogen (secondary N) is 1. The van der Waals surface area contributed by atoms with E-state index in [2.05, 4.69) is 10.3 Å². The minimum Gasteiger partial charge on any atom is -0.463 e. The summed E-state index contributed by atoms with van der Waals surface area (Å²) in [6.45, 7) is 8.39. The number of hydrogen-bond donors (Lipinski definition) is 1. The highest BCUT2D eigenvalue weighted by atomic mass is 32.1. The van der Waals surface area contributed by atoms with E-state index in [-0.39, 0.29) is 17.4 Å². The summed E-state index contributed by atoms with van der Waals surface area (Å²) in [5.74, 6) is -1.93. The van der Waals surface area contributed by atoms with Gasteiger partial charge in [-0.15, -0.1) is 5.10 Å². The van der Waals surface area contributed by atoms with E-state index in [4.69, 9.17) is 36.3 Å². The standard InChI is InChI=1S/C24H31N5O8S/c1-12(2)28-22(17-7-9-25-10-8-17)27-29(24(28)38)23-19(26-13(3)30)21(36-16(6)33)20(35-15(5)32)18(37-23)11-34-14(4)31/h7-10,12,18-21,23H,11H2,1-6H3,(H,26,30)/t18-,19-,20-,21+,23+/m1/s1. The summed E-state index contributed by atoms with van der Waals surface area (Å²) in [6.07, 6.45) is -1.43. The van der Waals surface area contributed by atoms with Gasteiger partial charge in [-0.05, 0) is 38.2 Å². The van der Waals surface area contributed by atoms with Crippen molar-refractivity contribution in [1.82, 2.24) is 24.6 Å². The third kappa shape index (κ3) is 6.61. The minimum atomic E-state index is -1.23. The normalized spacial score (nSPS) is 23.0. The number of hydrogen-bond acceptors (Lipinski definition) is 11. The van der Waals surface area contributed by atoms with E-state index in [1.54, 1.807) is 29.1 Å². The van der Waals surface area contributed by atoms with Crippen LogP contribution in [0.5, 0.6) is 0 Å². The van der Waals surface area contributed by atoms with Gasteiger partial charge in [0.05, 0.1) is 0 Å². The number of carbonyl (C=O) groups is 4. The van der Waals surface area contributed by atoms with Gasteiger partial charge in [-0.1, -0.05) is 0 Å². The maximum absolute atomic E-state index is 12.3. The van der Waals surface area contributed by atoms with Crippen molar-refractivity contribution in [2.45, 2.75) is 78.2 Å². The Labute approximate surface area is 224 Å². The number of pyridine rings is 1. The van der Waals surface area contributed by atoms with Crippen molar-refractivity contribution < 1.29 is 38.1 Å². The monoisotopic (exact) mass is 549 g/mol. The number of nitrogens with zero attached hydrogens (tertiary/aromatic N) is 4. The molecule has 3 heterocycles. The molecule has 38 heavy (non-hydrogen) atoms. The highest BCUT2D eigenvalue weighted by Gasteiger charge is 2.52. The van der Waals surface area contributed by atoms with Crippen molar-refractivity contribution in [3.05, 3.63) is 29.3 Å². The van der Waals surface area contributed by atoms with Crippen molar-refractivity contribution in [1.29, 1.82) is 0 Å². The van der Waals surface area contributed by atoms with Gasteiger partial charge in [0.15, 0.2) is 24.3 Å². The summed E-state index contributed by atoms with van der Waals surface area (Å²) in [4.78, 5) is 52.1. The predicted octanol–water partition coefficient (Wildman–Crippen LogP) is 1.89. The van der Waals surface area contributed by atoms with Gasteiger partial charge in [0, 0.05) is 51.7 Å². The lowest BCUT2D eigenvalue weighted by Crippen LogP contribution is -2.64. The van der Waals surface area contributed by atoms with Crippen molar-refractivity contribution in [2.75, 3.05) is 6.61 Å². The van der Waals surface area contributed by atoms with E-state index in [1.807, 2.05) is 13.8 Å². The van der Waals surface area contributed by atoms with Gasteiger partial charge < -0.3 is 24.3 Å². The van der Waals surface area contributed by atoms with Crippen molar-refractivity contribution in [3.63, 3.8) is 0 Å². The molecule has 2 aromatic heterocycles. The lowest BCUT2D eigenvalue weighted by Gasteiger charge is -2.45. The van der Waals surface area contributed by atoms with E-state index in [0.29, 0.717) is 5.82 Å². The summed E-state index contributed by atoms with van der Waals surface area (Å²) < 4.78 is 25.9. The molecule has 206 valence electrons. The molecule has 1 amide bonds. The number of amides is 1. The number of aromatic nitrogens is 4. The zero-order chi connectivity index (χ0) is 28.1. The number of esters is 3. The molecule has 2 aromatic rings. The van der Waals surface area contributed by atoms with Crippen molar-refractivity contribution >= 4 is 36.0 Å². The second-order valence-electron chi connectivity index (χ2n) is 8.99. The summed E-state index contributed by atoms with van der Waals surface area (Å²) in [6, 6.07) is 2.35. The molecule has 0 saturated carbocycles. The molecule has 1 fully saturated rings. The molecule has 3 rings (SSSR count). The first kappa shape index (κ1) is 28.9. The Balaban J connectivity index is 2.21. The molecule has 1 saturated heterocycles. The number of rotatable bonds is 8. The molecule has 0 aliphatic carbocycles. The highest BCUT2D eigenvalue weighted by Crippen LogP contribution is 2.34. The molecule has 14 heteroatoms. The average Bonchev–Trinajstić information content (AvgIpc) is 3.17. The van der Waals surface area contributed by atoms with Crippen LogP contribution < -0.4 is 5.32 Å². The first-order valence-corrected chi connectivity index (χ1v) is 12.3. The topological polar surface area (TPSA) is 153 Å². The van der Waals surface area contributed by atoms with Gasteiger partial charge >= 0.3 is 17.9 Å². The quantitative estimate of drug-likeness (QED) is 0.292. The smallest absolute Gasteiger partial charge is 0.303 e. The first-order chi connectivity index (χ1) is 17.9. The van der Waals surface area contributed by atoms with Crippen LogP contribution in [0.2, 0.25) is 0 Å². The summed E-state index contributed by atoms with van der Waals surface area (Å²) >= 11 is 5.78. The van der Waals surface area contributed by atoms with Crippen LogP contribution in [0, 0.1) is 4.77 Å². The Hall–Kier alpha value is -3.65. The largest absolute Gasteiger partial charge is 0.463 e. The molecule has 1 aliphatic heterocycles. The van der Waals surface area contributed by atoms with Gasteiger partial charge in [0.25, 0.3) is 0 Å². The lowest BCUT2D eigenvalue weighted by atomic mass is 9.95. The Kier molecular flexibility index (Phi) is 9.33. The van der Waals surface area contributed by atoms with E-state index >= 15 is 0 Å².